The molecule has 1 saturated carbocycles. The van der Waals surface area contributed by atoms with E-state index in [2.05, 4.69) is 22.3 Å². The molecule has 2 saturated heterocycles. The van der Waals surface area contributed by atoms with Crippen LogP contribution in [-0.2, 0) is 16.0 Å². The largest absolute Gasteiger partial charge is 0.367 e. The normalized spacial score (nSPS) is 31.4. The van der Waals surface area contributed by atoms with Crippen LogP contribution in [0.3, 0.4) is 0 Å². The molecule has 2 atom stereocenters. The number of para-hydroxylation sites is 1. The Hall–Kier alpha value is -1.95. The maximum absolute atomic E-state index is 13.7. The Kier molecular flexibility index (Phi) is 3.61. The Balaban J connectivity index is 1.67. The smallest absolute Gasteiger partial charge is 0.247 e. The minimum atomic E-state index is -1.05. The predicted molar refractivity (Wildman–Crippen MR) is 103 cm³/mol. The average Bonchev–Trinajstić information content (AvgIpc) is 3.46. The van der Waals surface area contributed by atoms with Gasteiger partial charge in [-0.2, -0.15) is 0 Å². The zero-order valence-electron chi connectivity index (χ0n) is 14.7. The van der Waals surface area contributed by atoms with Gasteiger partial charge in [-0.05, 0) is 56.0 Å². The van der Waals surface area contributed by atoms with Crippen LogP contribution in [0.4, 0.5) is 5.69 Å². The zero-order chi connectivity index (χ0) is 17.9. The number of thiocarbonyl (C=S) groups is 1. The number of nitrogens with one attached hydrogen (secondary N) is 1. The molecule has 1 aromatic rings. The number of carbonyl (C=O) groups excluding carboxylic acids is 2. The second kappa shape index (κ2) is 5.78. The van der Waals surface area contributed by atoms with Crippen molar-refractivity contribution < 1.29 is 9.59 Å². The minimum absolute atomic E-state index is 0.0693. The third kappa shape index (κ3) is 2.17. The summed E-state index contributed by atoms with van der Waals surface area (Å²) in [5, 5.41) is 3.20. The van der Waals surface area contributed by atoms with E-state index in [-0.39, 0.29) is 23.9 Å². The summed E-state index contributed by atoms with van der Waals surface area (Å²) >= 11 is 5.36. The van der Waals surface area contributed by atoms with E-state index in [0.717, 1.165) is 50.6 Å². The lowest BCUT2D eigenvalue weighted by Crippen LogP contribution is -2.72. The third-order valence-corrected chi connectivity index (χ3v) is 6.75. The molecular weight excluding hydrogens is 346 g/mol. The molecular formula is C20H23N3O2S. The highest BCUT2D eigenvalue weighted by Gasteiger charge is 2.62. The highest BCUT2D eigenvalue weighted by Crippen LogP contribution is 2.48. The van der Waals surface area contributed by atoms with E-state index in [0.29, 0.717) is 11.5 Å². The van der Waals surface area contributed by atoms with Gasteiger partial charge in [0.05, 0.1) is 6.04 Å². The topological polar surface area (TPSA) is 52.7 Å². The molecule has 0 aromatic heterocycles. The molecule has 5 rings (SSSR count). The summed E-state index contributed by atoms with van der Waals surface area (Å²) in [5.74, 6) is -0.268. The van der Waals surface area contributed by atoms with E-state index in [1.165, 1.54) is 5.69 Å². The van der Waals surface area contributed by atoms with Crippen molar-refractivity contribution in [1.82, 2.24) is 10.2 Å². The molecule has 6 heteroatoms. The lowest BCUT2D eigenvalue weighted by molar-refractivity contribution is -0.152. The monoisotopic (exact) mass is 369 g/mol. The van der Waals surface area contributed by atoms with Gasteiger partial charge in [0.25, 0.3) is 0 Å². The van der Waals surface area contributed by atoms with Crippen LogP contribution in [0, 0.1) is 5.41 Å². The second-order valence-corrected chi connectivity index (χ2v) is 8.39. The van der Waals surface area contributed by atoms with Crippen molar-refractivity contribution in [3.63, 3.8) is 0 Å². The van der Waals surface area contributed by atoms with E-state index >= 15 is 0 Å². The lowest BCUT2D eigenvalue weighted by Gasteiger charge is -2.52. The Morgan fingerprint density at radius 1 is 1.08 bits per heavy atom. The van der Waals surface area contributed by atoms with Gasteiger partial charge >= 0.3 is 0 Å². The van der Waals surface area contributed by atoms with Crippen LogP contribution in [0.1, 0.15) is 44.1 Å². The van der Waals surface area contributed by atoms with Gasteiger partial charge < -0.3 is 10.2 Å². The molecule has 4 aliphatic rings. The lowest BCUT2D eigenvalue weighted by atomic mass is 9.67. The fourth-order valence-electron chi connectivity index (χ4n) is 5.06. The van der Waals surface area contributed by atoms with Gasteiger partial charge in [-0.15, -0.1) is 0 Å². The molecule has 1 N–H and O–H groups in total. The standard InChI is InChI=1S/C20H23N3O2S/c24-17-20(18(25)23(14-9-10-14)19(26)21-17)12-13-6-3-4-7-15(13)22-11-5-1-2-8-16(20)22/h3-4,6-7,14,16H,1-2,5,8-12H2,(H,21,24,26)/t16-,20-/m1/s1. The Morgan fingerprint density at radius 2 is 1.88 bits per heavy atom. The summed E-state index contributed by atoms with van der Waals surface area (Å²) in [6.07, 6.45) is 6.60. The van der Waals surface area contributed by atoms with Crippen molar-refractivity contribution in [1.29, 1.82) is 0 Å². The fourth-order valence-corrected chi connectivity index (χ4v) is 5.38. The van der Waals surface area contributed by atoms with Gasteiger partial charge in [0.2, 0.25) is 11.8 Å². The van der Waals surface area contributed by atoms with Gasteiger partial charge in [0, 0.05) is 18.3 Å². The highest BCUT2D eigenvalue weighted by molar-refractivity contribution is 7.80. The number of hydrogen-bond donors (Lipinski definition) is 1. The highest BCUT2D eigenvalue weighted by atomic mass is 32.1. The number of nitrogens with zero attached hydrogens (tertiary/aromatic N) is 2. The quantitative estimate of drug-likeness (QED) is 0.610. The van der Waals surface area contributed by atoms with Crippen LogP contribution >= 0.6 is 12.2 Å². The van der Waals surface area contributed by atoms with Crippen molar-refractivity contribution in [3.8, 4) is 0 Å². The van der Waals surface area contributed by atoms with Crippen LogP contribution in [0.5, 0.6) is 0 Å². The minimum Gasteiger partial charge on any atom is -0.367 e. The van der Waals surface area contributed by atoms with E-state index in [1.807, 2.05) is 12.1 Å². The second-order valence-electron chi connectivity index (χ2n) is 8.00. The summed E-state index contributed by atoms with van der Waals surface area (Å²) in [6, 6.07) is 8.33. The molecule has 1 aromatic carbocycles. The van der Waals surface area contributed by atoms with Crippen LogP contribution in [0.2, 0.25) is 0 Å². The fraction of sp³-hybridized carbons (Fsp3) is 0.550. The molecule has 2 amide bonds. The van der Waals surface area contributed by atoms with E-state index in [1.54, 1.807) is 4.90 Å². The van der Waals surface area contributed by atoms with Crippen molar-refractivity contribution in [3.05, 3.63) is 29.8 Å². The summed E-state index contributed by atoms with van der Waals surface area (Å²) in [6.45, 7) is 0.901. The van der Waals surface area contributed by atoms with Crippen LogP contribution in [0.15, 0.2) is 24.3 Å². The molecule has 5 nitrogen and oxygen atoms in total. The molecule has 3 heterocycles. The molecule has 1 spiro atoms. The third-order valence-electron chi connectivity index (χ3n) is 6.45. The SMILES string of the molecule is O=C1NC(=S)N(C2CC2)C(=O)[C@@]12Cc1ccccc1N1CCCCC[C@@H]12. The molecule has 136 valence electrons. The number of rotatable bonds is 1. The predicted octanol–water partition coefficient (Wildman–Crippen LogP) is 2.38. The summed E-state index contributed by atoms with van der Waals surface area (Å²) in [4.78, 5) is 31.1. The first kappa shape index (κ1) is 16.2. The number of carbonyl (C=O) groups is 2. The number of hydrogen-bond acceptors (Lipinski definition) is 4. The van der Waals surface area contributed by atoms with Gasteiger partial charge in [0.1, 0.15) is 0 Å². The van der Waals surface area contributed by atoms with Gasteiger partial charge in [0.15, 0.2) is 10.5 Å². The Labute approximate surface area is 158 Å². The summed E-state index contributed by atoms with van der Waals surface area (Å²) in [7, 11) is 0. The van der Waals surface area contributed by atoms with Crippen molar-refractivity contribution >= 4 is 34.8 Å². The van der Waals surface area contributed by atoms with Gasteiger partial charge in [-0.3, -0.25) is 14.5 Å². The molecule has 26 heavy (non-hydrogen) atoms. The molecule has 0 unspecified atom stereocenters. The van der Waals surface area contributed by atoms with Crippen molar-refractivity contribution in [2.45, 2.75) is 57.0 Å². The number of anilines is 1. The molecule has 0 radical (unpaired) electrons. The van der Waals surface area contributed by atoms with Crippen LogP contribution in [0.25, 0.3) is 0 Å². The van der Waals surface area contributed by atoms with E-state index in [4.69, 9.17) is 12.2 Å². The molecule has 3 aliphatic heterocycles. The summed E-state index contributed by atoms with van der Waals surface area (Å²) < 4.78 is 0. The maximum atomic E-state index is 13.7. The van der Waals surface area contributed by atoms with Crippen molar-refractivity contribution in [2.75, 3.05) is 11.4 Å². The van der Waals surface area contributed by atoms with E-state index in [9.17, 15) is 9.59 Å². The number of amides is 2. The van der Waals surface area contributed by atoms with Crippen LogP contribution in [-0.4, -0.2) is 40.5 Å². The first-order valence-electron chi connectivity index (χ1n) is 9.66. The molecule has 1 aliphatic carbocycles. The molecule has 0 bridgehead atoms. The van der Waals surface area contributed by atoms with Gasteiger partial charge in [-0.1, -0.05) is 31.0 Å². The first-order valence-corrected chi connectivity index (χ1v) is 10.1. The van der Waals surface area contributed by atoms with Crippen LogP contribution < -0.4 is 10.2 Å². The number of fused-ring (bicyclic) bond motifs is 4. The Morgan fingerprint density at radius 3 is 2.69 bits per heavy atom. The zero-order valence-corrected chi connectivity index (χ0v) is 15.6. The van der Waals surface area contributed by atoms with E-state index < -0.39 is 5.41 Å². The maximum Gasteiger partial charge on any atom is 0.247 e. The number of benzene rings is 1. The first-order chi connectivity index (χ1) is 12.6. The molecule has 3 fully saturated rings. The van der Waals surface area contributed by atoms with Crippen molar-refractivity contribution in [2.24, 2.45) is 5.41 Å². The Bertz CT molecular complexity index is 806. The van der Waals surface area contributed by atoms with Gasteiger partial charge in [-0.25, -0.2) is 0 Å². The summed E-state index contributed by atoms with van der Waals surface area (Å²) in [5.41, 5.74) is 1.23. The average molecular weight is 369 g/mol.